The van der Waals surface area contributed by atoms with E-state index in [9.17, 15) is 156 Å². The minimum Gasteiger partial charge on any atom is -0.346 e. The molecule has 4 fully saturated rings. The molecule has 6 aromatic carbocycles. The van der Waals surface area contributed by atoms with Gasteiger partial charge in [-0.1, -0.05) is 146 Å². The number of nitrogens with zero attached hydrogens (tertiary/aromatic N) is 2. The van der Waals surface area contributed by atoms with Gasteiger partial charge in [0, 0.05) is 11.1 Å². The molecule has 0 spiro atoms. The molecule has 0 aliphatic carbocycles. The standard InChI is InChI=1S/C64H74N2O58S12/c67-59(65(47-55(121-133(93,94)95)51(117-129(81,82)83)43(31-109-125(69,70)71)113-61(47)105-27-35-15-5-1-6-16-35)48-56(122-134(96,97)98)52(118-130(84,85)86)44(32-110-126(72,73)74)114-62(48)106-28-36-17-7-2-8-18-36)41-25-26-42(40-24-14-13-23-39(40)41)60(68)66(49-57(123-135(99,100)101)53(119-131(87,88)89)45(33-111-127(75,76)77)115-63(49)107-29-37-19-9-3-10-20-37)50-58(124-136(102,103)104)54(120-132(90,91)92)46(34-112-128(78,79)80)116-64(50)108-30-38-21-11-4-12-22-38/h1-26,43-58,61-64H,27-34H2,(H,69,70,71)(H,72,73,74)(H,75,76,77)(H,78,79,80)(H,81,82,83)(H,84,85,86)(H,87,88,89)(H,90,91,92)(H,93,94,95)(H,96,97,98)(H,99,100,101)(H,102,103,104)/t43-,44-,45-,46-,47+,48+,49+,50+,51-,52-,53-,54-,55-,56-,57-,58-,61+,62+,63+,64+/m1/s1. The Morgan fingerprint density at radius 2 is 0.404 bits per heavy atom. The molecule has 760 valence electrons. The van der Waals surface area contributed by atoms with Crippen LogP contribution in [0.4, 0.5) is 0 Å². The zero-order valence-electron chi connectivity index (χ0n) is 67.2. The van der Waals surface area contributed by atoms with Crippen molar-refractivity contribution in [2.24, 2.45) is 0 Å². The topological polar surface area (TPSA) is 878 Å². The summed E-state index contributed by atoms with van der Waals surface area (Å²) in [6, 6.07) is 14.8. The number of rotatable bonds is 46. The van der Waals surface area contributed by atoms with Gasteiger partial charge in [-0.25, -0.2) is 50.2 Å². The van der Waals surface area contributed by atoms with Crippen molar-refractivity contribution in [3.63, 3.8) is 0 Å². The lowest BCUT2D eigenvalue weighted by atomic mass is 9.87. The number of fused-ring (bicyclic) bond motifs is 1. The number of benzene rings is 6. The van der Waals surface area contributed by atoms with Crippen molar-refractivity contribution in [1.82, 2.24) is 9.80 Å². The number of carbonyl (C=O) groups is 2. The maximum Gasteiger partial charge on any atom is 0.397 e. The third kappa shape index (κ3) is 33.4. The summed E-state index contributed by atoms with van der Waals surface area (Å²) < 4.78 is 548. The fourth-order valence-electron chi connectivity index (χ4n) is 14.4. The van der Waals surface area contributed by atoms with Gasteiger partial charge in [0.2, 0.25) is 0 Å². The molecule has 0 saturated carbocycles. The first-order valence-electron chi connectivity index (χ1n) is 36.9. The van der Waals surface area contributed by atoms with Gasteiger partial charge in [0.1, 0.15) is 97.4 Å². The molecule has 4 aliphatic rings. The van der Waals surface area contributed by atoms with Crippen LogP contribution < -0.4 is 0 Å². The Morgan fingerprint density at radius 3 is 0.574 bits per heavy atom. The SMILES string of the molecule is O=C(c1ccc(C(=O)N([C@@H]2[C@@H](OCc3ccccc3)O[C@H](COS(=O)(=O)O)[C@@H](OS(=O)(=O)O)[C@@H]2OS(=O)(=O)O)[C@@H]2[C@@H](OCc3ccccc3)O[C@H](COS(=O)(=O)O)[C@@H](OS(=O)(=O)O)[C@@H]2OS(=O)(=O)O)c2ccccc12)N([C@@H]1[C@@H](OCc2ccccc2)O[C@H](COS(=O)(=O)O)[C@@H](OS(=O)(=O)O)[C@@H]1OS(=O)(=O)O)[C@@H]1[C@@H](OCc2ccccc2)O[C@H](COS(=O)(=O)O)[C@@H](OS(=O)(=O)O)[C@@H]1OS(=O)(=O)O. The fourth-order valence-corrected chi connectivity index (χ4v) is 19.7. The second kappa shape index (κ2) is 44.4. The fraction of sp³-hybridized carbons (Fsp3) is 0.438. The molecule has 0 radical (unpaired) electrons. The van der Waals surface area contributed by atoms with Crippen molar-refractivity contribution in [3.05, 3.63) is 191 Å². The Kier molecular flexibility index (Phi) is 36.1. The Morgan fingerprint density at radius 1 is 0.235 bits per heavy atom. The first-order chi connectivity index (χ1) is 62.7. The van der Waals surface area contributed by atoms with Crippen molar-refractivity contribution < 1.29 is 253 Å². The first-order valence-corrected chi connectivity index (χ1v) is 53.2. The maximum absolute atomic E-state index is 17.6. The van der Waals surface area contributed by atoms with E-state index >= 15 is 9.59 Å². The summed E-state index contributed by atoms with van der Waals surface area (Å²) >= 11 is 0. The van der Waals surface area contributed by atoms with Crippen LogP contribution in [0.5, 0.6) is 0 Å². The zero-order valence-corrected chi connectivity index (χ0v) is 77.0. The van der Waals surface area contributed by atoms with E-state index in [1.807, 2.05) is 0 Å². The third-order valence-electron chi connectivity index (χ3n) is 19.0. The van der Waals surface area contributed by atoms with Crippen LogP contribution in [0.2, 0.25) is 0 Å². The highest BCUT2D eigenvalue weighted by Gasteiger charge is 2.65. The lowest BCUT2D eigenvalue weighted by molar-refractivity contribution is -0.310. The summed E-state index contributed by atoms with van der Waals surface area (Å²) in [7, 11) is -76.5. The highest BCUT2D eigenvalue weighted by Crippen LogP contribution is 2.45. The van der Waals surface area contributed by atoms with Gasteiger partial charge in [-0.3, -0.25) is 64.2 Å². The van der Waals surface area contributed by atoms with E-state index in [-0.39, 0.29) is 44.2 Å². The highest BCUT2D eigenvalue weighted by molar-refractivity contribution is 7.83. The average molecular weight is 2180 g/mol. The van der Waals surface area contributed by atoms with Gasteiger partial charge in [-0.15, -0.1) is 0 Å². The maximum atomic E-state index is 17.6. The van der Waals surface area contributed by atoms with Gasteiger partial charge in [0.15, 0.2) is 25.2 Å². The average Bonchev–Trinajstić information content (AvgIpc) is 0.729. The molecule has 4 heterocycles. The third-order valence-corrected chi connectivity index (χ3v) is 24.5. The van der Waals surface area contributed by atoms with Crippen molar-refractivity contribution in [3.8, 4) is 0 Å². The zero-order chi connectivity index (χ0) is 101. The van der Waals surface area contributed by atoms with Gasteiger partial charge in [0.05, 0.1) is 52.9 Å². The lowest BCUT2D eigenvalue weighted by Gasteiger charge is -2.54. The van der Waals surface area contributed by atoms with Crippen LogP contribution in [0.15, 0.2) is 158 Å². The smallest absolute Gasteiger partial charge is 0.346 e. The van der Waals surface area contributed by atoms with Gasteiger partial charge in [-0.2, -0.15) is 101 Å². The summed E-state index contributed by atoms with van der Waals surface area (Å²) in [6.45, 7) is -12.4. The minimum atomic E-state index is -6.67. The second-order valence-corrected chi connectivity index (χ2v) is 41.0. The Balaban J connectivity index is 1.39. The summed E-state index contributed by atoms with van der Waals surface area (Å²) in [5.41, 5.74) is -3.29. The number of carbonyl (C=O) groups excluding carboxylic acids is 2. The van der Waals surface area contributed by atoms with E-state index in [0.29, 0.717) is 12.1 Å². The molecule has 12 N–H and O–H groups in total. The van der Waals surface area contributed by atoms with Crippen molar-refractivity contribution >= 4 is 147 Å². The number of hydrogen-bond donors (Lipinski definition) is 12. The van der Waals surface area contributed by atoms with Gasteiger partial charge in [-0.05, 0) is 45.2 Å². The molecule has 4 aliphatic heterocycles. The van der Waals surface area contributed by atoms with Gasteiger partial charge in [0.25, 0.3) is 11.8 Å². The number of amides is 2. The summed E-state index contributed by atoms with van der Waals surface area (Å²) in [4.78, 5) is 34.7. The molecule has 0 aromatic heterocycles. The molecule has 0 bridgehead atoms. The van der Waals surface area contributed by atoms with Crippen molar-refractivity contribution in [2.75, 3.05) is 26.4 Å². The van der Waals surface area contributed by atoms with E-state index in [2.05, 4.69) is 16.7 Å². The van der Waals surface area contributed by atoms with E-state index in [0.717, 1.165) is 12.1 Å². The predicted octanol–water partition coefficient (Wildman–Crippen LogP) is -2.25. The lowest BCUT2D eigenvalue weighted by Crippen LogP contribution is -2.75. The molecule has 60 nitrogen and oxygen atoms in total. The highest BCUT2D eigenvalue weighted by atomic mass is 32.3. The Hall–Kier alpha value is -7.36. The quantitative estimate of drug-likeness (QED) is 0.0180. The van der Waals surface area contributed by atoms with Crippen LogP contribution >= 0.6 is 0 Å². The Labute approximate surface area is 771 Å². The van der Waals surface area contributed by atoms with E-state index in [4.69, 9.17) is 71.4 Å². The molecule has 6 aromatic rings. The number of ether oxygens (including phenoxy) is 8. The molecule has 136 heavy (non-hydrogen) atoms. The van der Waals surface area contributed by atoms with E-state index < -0.39 is 334 Å². The van der Waals surface area contributed by atoms with Crippen LogP contribution in [0, 0.1) is 0 Å². The monoisotopic (exact) mass is 2180 g/mol. The van der Waals surface area contributed by atoms with Crippen LogP contribution in [0.3, 0.4) is 0 Å². The summed E-state index contributed by atoms with van der Waals surface area (Å²) in [5, 5.41) is -2.21. The minimum absolute atomic E-state index is 0.118. The van der Waals surface area contributed by atoms with Crippen molar-refractivity contribution in [1.29, 1.82) is 0 Å². The van der Waals surface area contributed by atoms with Crippen LogP contribution in [0.25, 0.3) is 10.8 Å². The molecule has 2 amide bonds. The van der Waals surface area contributed by atoms with E-state index in [1.54, 1.807) is 0 Å². The normalized spacial score (nSPS) is 26.7. The predicted molar refractivity (Wildman–Crippen MR) is 432 cm³/mol. The summed E-state index contributed by atoms with van der Waals surface area (Å²) in [6.07, 6.45) is -52.6. The molecule has 0 unspecified atom stereocenters. The van der Waals surface area contributed by atoms with E-state index in [1.165, 1.54) is 121 Å². The van der Waals surface area contributed by atoms with Crippen LogP contribution in [-0.2, 0) is 239 Å². The van der Waals surface area contributed by atoms with Crippen molar-refractivity contribution in [2.45, 2.75) is 149 Å². The van der Waals surface area contributed by atoms with Crippen LogP contribution in [0.1, 0.15) is 43.0 Å². The molecule has 4 saturated heterocycles. The van der Waals surface area contributed by atoms with Gasteiger partial charge >= 0.3 is 125 Å². The summed E-state index contributed by atoms with van der Waals surface area (Å²) in [5.74, 6) is -4.64. The molecule has 20 atom stereocenters. The van der Waals surface area contributed by atoms with Crippen LogP contribution in [-0.4, -0.2) is 326 Å². The Bertz CT molecular complexity index is 5950. The molecular formula is C64H74N2O58S12. The molecule has 72 heteroatoms. The number of hydrogen-bond acceptors (Lipinski definition) is 46. The second-order valence-electron chi connectivity index (χ2n) is 28.2. The molecule has 10 rings (SSSR count). The first kappa shape index (κ1) is 111. The van der Waals surface area contributed by atoms with Gasteiger partial charge < -0.3 is 47.7 Å². The molecular weight excluding hydrogens is 2110 g/mol. The largest absolute Gasteiger partial charge is 0.397 e.